The number of ether oxygens (including phenoxy) is 3. The predicted molar refractivity (Wildman–Crippen MR) is 145 cm³/mol. The molecule has 4 aliphatic carbocycles. The van der Waals surface area contributed by atoms with Crippen molar-refractivity contribution in [2.24, 2.45) is 34.3 Å². The van der Waals surface area contributed by atoms with Crippen LogP contribution in [0.5, 0.6) is 0 Å². The zero-order chi connectivity index (χ0) is 28.1. The summed E-state index contributed by atoms with van der Waals surface area (Å²) in [6.45, 7) is 4.64. The maximum Gasteiger partial charge on any atom is 0.193 e. The van der Waals surface area contributed by atoms with E-state index in [4.69, 9.17) is 19.9 Å². The number of benzene rings is 1. The topological polar surface area (TPSA) is 128 Å². The Hall–Kier alpha value is -2.20. The molecule has 8 heteroatoms. The largest absolute Gasteiger partial charge is 0.393 e. The number of aliphatic hydroxyl groups is 2. The predicted octanol–water partition coefficient (Wildman–Crippen LogP) is 2.56. The van der Waals surface area contributed by atoms with Gasteiger partial charge in [0.1, 0.15) is 6.61 Å². The van der Waals surface area contributed by atoms with Crippen molar-refractivity contribution in [3.05, 3.63) is 59.2 Å². The maximum atomic E-state index is 13.7. The van der Waals surface area contributed by atoms with E-state index in [9.17, 15) is 19.8 Å². The van der Waals surface area contributed by atoms with Gasteiger partial charge in [0.05, 0.1) is 31.0 Å². The molecule has 2 heterocycles. The van der Waals surface area contributed by atoms with Gasteiger partial charge in [-0.1, -0.05) is 49.8 Å². The number of hydrogen-bond donors (Lipinski definition) is 3. The van der Waals surface area contributed by atoms with Crippen molar-refractivity contribution < 1.29 is 34.0 Å². The Bertz CT molecular complexity index is 1300. The smallest absolute Gasteiger partial charge is 0.193 e. The number of Topliss-reactive ketones (excluding diaryl/α,β-unsaturated/α-hetero) is 1. The average Bonchev–Trinajstić information content (AvgIpc) is 3.41. The molecule has 5 fully saturated rings. The van der Waals surface area contributed by atoms with E-state index in [0.717, 1.165) is 29.5 Å². The zero-order valence-corrected chi connectivity index (χ0v) is 23.2. The molecule has 0 radical (unpaired) electrons. The van der Waals surface area contributed by atoms with Gasteiger partial charge in [-0.25, -0.2) is 0 Å². The monoisotopic (exact) mass is 549 g/mol. The lowest BCUT2D eigenvalue weighted by molar-refractivity contribution is -0.201. The van der Waals surface area contributed by atoms with Crippen molar-refractivity contribution >= 4 is 11.6 Å². The number of aliphatic hydroxyl groups excluding tert-OH is 2. The lowest BCUT2D eigenvalue weighted by Crippen LogP contribution is -2.63. The fourth-order valence-electron chi connectivity index (χ4n) is 9.50. The number of nitrogens with two attached hydrogens (primary N) is 1. The van der Waals surface area contributed by atoms with Crippen LogP contribution in [-0.2, 0) is 30.2 Å². The Labute approximate surface area is 234 Å². The first-order valence-electron chi connectivity index (χ1n) is 14.6. The number of fused-ring (bicyclic) bond motifs is 7. The van der Waals surface area contributed by atoms with Crippen LogP contribution in [0.1, 0.15) is 56.9 Å². The summed E-state index contributed by atoms with van der Waals surface area (Å²) in [6.07, 6.45) is 6.71. The van der Waals surface area contributed by atoms with E-state index >= 15 is 0 Å². The first-order valence-corrected chi connectivity index (χ1v) is 14.6. The first kappa shape index (κ1) is 26.7. The van der Waals surface area contributed by atoms with Gasteiger partial charge in [0.2, 0.25) is 0 Å². The summed E-state index contributed by atoms with van der Waals surface area (Å²) < 4.78 is 18.5. The van der Waals surface area contributed by atoms with E-state index in [1.165, 1.54) is 0 Å². The molecule has 7 rings (SSSR count). The van der Waals surface area contributed by atoms with Crippen molar-refractivity contribution in [1.82, 2.24) is 0 Å². The summed E-state index contributed by atoms with van der Waals surface area (Å²) in [5, 5.41) is 21.9. The van der Waals surface area contributed by atoms with Crippen molar-refractivity contribution in [2.75, 3.05) is 19.8 Å². The minimum atomic E-state index is -1.35. The van der Waals surface area contributed by atoms with Crippen LogP contribution >= 0.6 is 0 Å². The third-order valence-corrected chi connectivity index (χ3v) is 11.4. The second kappa shape index (κ2) is 8.90. The van der Waals surface area contributed by atoms with Crippen LogP contribution in [0.25, 0.3) is 0 Å². The van der Waals surface area contributed by atoms with Crippen molar-refractivity contribution in [3.63, 3.8) is 0 Å². The van der Waals surface area contributed by atoms with E-state index in [0.29, 0.717) is 32.5 Å². The third kappa shape index (κ3) is 3.53. The number of carbonyl (C=O) groups excluding carboxylic acids is 2. The third-order valence-electron chi connectivity index (χ3n) is 11.4. The highest BCUT2D eigenvalue weighted by molar-refractivity contribution is 6.01. The number of allylic oxidation sites excluding steroid dienone is 4. The maximum absolute atomic E-state index is 13.7. The zero-order valence-electron chi connectivity index (χ0n) is 23.2. The van der Waals surface area contributed by atoms with Crippen LogP contribution in [0.2, 0.25) is 0 Å². The molecule has 6 aliphatic rings. The number of carbonyl (C=O) groups is 2. The fourth-order valence-corrected chi connectivity index (χ4v) is 9.50. The van der Waals surface area contributed by atoms with E-state index in [2.05, 4.69) is 13.8 Å². The normalized spacial score (nSPS) is 44.6. The van der Waals surface area contributed by atoms with E-state index < -0.39 is 41.5 Å². The lowest BCUT2D eigenvalue weighted by Gasteiger charge is -2.59. The molecule has 40 heavy (non-hydrogen) atoms. The summed E-state index contributed by atoms with van der Waals surface area (Å²) >= 11 is 0. The van der Waals surface area contributed by atoms with Crippen LogP contribution in [-0.4, -0.2) is 64.9 Å². The Morgan fingerprint density at radius 2 is 1.93 bits per heavy atom. The Morgan fingerprint density at radius 3 is 2.60 bits per heavy atom. The summed E-state index contributed by atoms with van der Waals surface area (Å²) in [5.74, 6) is -0.242. The van der Waals surface area contributed by atoms with Crippen LogP contribution in [0, 0.1) is 28.6 Å². The quantitative estimate of drug-likeness (QED) is 0.511. The Balaban J connectivity index is 1.19. The number of rotatable bonds is 5. The highest BCUT2D eigenvalue weighted by Gasteiger charge is 2.75. The molecule has 1 aromatic carbocycles. The van der Waals surface area contributed by atoms with Gasteiger partial charge in [0.15, 0.2) is 23.5 Å². The minimum absolute atomic E-state index is 0.00409. The van der Waals surface area contributed by atoms with E-state index in [1.807, 2.05) is 30.3 Å². The van der Waals surface area contributed by atoms with Gasteiger partial charge >= 0.3 is 0 Å². The molecule has 214 valence electrons. The van der Waals surface area contributed by atoms with Crippen LogP contribution in [0.15, 0.2) is 48.1 Å². The standard InChI is InChI=1S/C32H39NO7/c1-29-10-9-21(35)11-20(29)7-8-22-23-12-26-32(25(37)15-34,30(23,2)14-24(36)27(22)29)40-28(39-26)19-5-3-18(4-6-19)13-31(33)16-38-17-31/h3-6,9-11,22-24,26-28,34,36H,7-8,12-17,33H2,1-2H3/t22-,23-,24-,26+,27+,28+,29-,30-,32+/m0/s1. The van der Waals surface area contributed by atoms with Gasteiger partial charge in [0.25, 0.3) is 0 Å². The highest BCUT2D eigenvalue weighted by Crippen LogP contribution is 2.70. The molecule has 4 N–H and O–H groups in total. The molecule has 1 aromatic rings. The van der Waals surface area contributed by atoms with Crippen molar-refractivity contribution in [1.29, 1.82) is 0 Å². The lowest BCUT2D eigenvalue weighted by atomic mass is 9.46. The van der Waals surface area contributed by atoms with E-state index in [1.54, 1.807) is 12.2 Å². The van der Waals surface area contributed by atoms with Gasteiger partial charge in [-0.3, -0.25) is 9.59 Å². The van der Waals surface area contributed by atoms with Crippen LogP contribution in [0.3, 0.4) is 0 Å². The summed E-state index contributed by atoms with van der Waals surface area (Å²) in [6, 6.07) is 7.94. The first-order chi connectivity index (χ1) is 19.0. The van der Waals surface area contributed by atoms with Gasteiger partial charge < -0.3 is 30.2 Å². The van der Waals surface area contributed by atoms with Crippen molar-refractivity contribution in [2.45, 2.75) is 75.6 Å². The number of ketones is 2. The molecule has 2 aliphatic heterocycles. The summed E-state index contributed by atoms with van der Waals surface area (Å²) in [7, 11) is 0. The molecular formula is C32H39NO7. The molecule has 0 unspecified atom stereocenters. The van der Waals surface area contributed by atoms with Crippen LogP contribution < -0.4 is 5.73 Å². The van der Waals surface area contributed by atoms with Crippen molar-refractivity contribution in [3.8, 4) is 0 Å². The highest BCUT2D eigenvalue weighted by atomic mass is 16.7. The van der Waals surface area contributed by atoms with Crippen LogP contribution in [0.4, 0.5) is 0 Å². The van der Waals surface area contributed by atoms with E-state index in [-0.39, 0.29) is 34.9 Å². The molecule has 0 spiro atoms. The average molecular weight is 550 g/mol. The molecule has 0 amide bonds. The molecule has 0 bridgehead atoms. The molecule has 9 atom stereocenters. The second-order valence-corrected chi connectivity index (χ2v) is 13.6. The molecule has 2 saturated heterocycles. The molecule has 0 aromatic heterocycles. The fraction of sp³-hybridized carbons (Fsp3) is 0.625. The van der Waals surface area contributed by atoms with Gasteiger partial charge in [0, 0.05) is 22.3 Å². The molecule has 8 nitrogen and oxygen atoms in total. The van der Waals surface area contributed by atoms with Gasteiger partial charge in [-0.2, -0.15) is 0 Å². The minimum Gasteiger partial charge on any atom is -0.393 e. The van der Waals surface area contributed by atoms with Gasteiger partial charge in [-0.05, 0) is 61.7 Å². The second-order valence-electron chi connectivity index (χ2n) is 13.6. The number of hydrogen-bond acceptors (Lipinski definition) is 8. The molecular weight excluding hydrogens is 510 g/mol. The Morgan fingerprint density at radius 1 is 1.18 bits per heavy atom. The summed E-state index contributed by atoms with van der Waals surface area (Å²) in [4.78, 5) is 25.8. The summed E-state index contributed by atoms with van der Waals surface area (Å²) in [5.41, 5.74) is 6.54. The SMILES string of the molecule is C[C@]12C=CC(=O)C=C1CC[C@@H]1[C@@H]2[C@@H](O)C[C@@]2(C)[C@H]1C[C@H]1O[C@@H](c3ccc(CC4(N)COC4)cc3)O[C@]12C(=O)CO. The molecule has 3 saturated carbocycles. The Kier molecular flexibility index (Phi) is 5.94. The van der Waals surface area contributed by atoms with Gasteiger partial charge in [-0.15, -0.1) is 0 Å².